The van der Waals surface area contributed by atoms with Crippen LogP contribution < -0.4 is 4.52 Å². The quantitative estimate of drug-likeness (QED) is 0.164. The zero-order valence-corrected chi connectivity index (χ0v) is 32.2. The molecule has 1 saturated heterocycles. The van der Waals surface area contributed by atoms with E-state index < -0.39 is 22.2 Å². The number of aliphatic hydroxyl groups excluding tert-OH is 1. The molecule has 1 unspecified atom stereocenters. The van der Waals surface area contributed by atoms with Gasteiger partial charge in [-0.15, -0.1) is 0 Å². The molecule has 1 aromatic carbocycles. The molecule has 8 heteroatoms. The third-order valence-corrected chi connectivity index (χ3v) is 19.0. The Kier molecular flexibility index (Phi) is 12.1. The van der Waals surface area contributed by atoms with E-state index in [4.69, 9.17) is 18.0 Å². The van der Waals surface area contributed by atoms with Crippen molar-refractivity contribution in [3.8, 4) is 5.75 Å². The molecule has 1 N–H and O–H groups in total. The van der Waals surface area contributed by atoms with Crippen LogP contribution in [0, 0.1) is 29.1 Å². The summed E-state index contributed by atoms with van der Waals surface area (Å²) in [6.45, 7) is 16.9. The zero-order valence-electron chi connectivity index (χ0n) is 30.3. The van der Waals surface area contributed by atoms with Crippen LogP contribution in [0.1, 0.15) is 113 Å². The molecule has 47 heavy (non-hydrogen) atoms. The van der Waals surface area contributed by atoms with Gasteiger partial charge in [-0.2, -0.15) is 0 Å². The molecule has 3 saturated carbocycles. The first-order valence-electron chi connectivity index (χ1n) is 18.8. The van der Waals surface area contributed by atoms with E-state index in [-0.39, 0.29) is 24.2 Å². The summed E-state index contributed by atoms with van der Waals surface area (Å²) in [5.74, 6) is 2.36. The van der Waals surface area contributed by atoms with Gasteiger partial charge in [-0.1, -0.05) is 89.0 Å². The van der Waals surface area contributed by atoms with Crippen LogP contribution >= 0.6 is 7.82 Å². The summed E-state index contributed by atoms with van der Waals surface area (Å²) >= 11 is 0. The van der Waals surface area contributed by atoms with E-state index in [1.54, 1.807) is 17.7 Å². The van der Waals surface area contributed by atoms with E-state index in [0.29, 0.717) is 35.8 Å². The number of hydrogen-bond acceptors (Lipinski definition) is 6. The second kappa shape index (κ2) is 15.4. The minimum atomic E-state index is -3.75. The number of phosphoric acid groups is 1. The van der Waals surface area contributed by atoms with Crippen molar-refractivity contribution in [1.82, 2.24) is 0 Å². The topological polar surface area (TPSA) is 74.2 Å². The number of benzene rings is 1. The summed E-state index contributed by atoms with van der Waals surface area (Å²) < 4.78 is 37.5. The van der Waals surface area contributed by atoms with Crippen molar-refractivity contribution in [2.75, 3.05) is 6.61 Å². The van der Waals surface area contributed by atoms with Crippen molar-refractivity contribution in [1.29, 1.82) is 0 Å². The van der Waals surface area contributed by atoms with Crippen molar-refractivity contribution in [2.24, 2.45) is 29.1 Å². The maximum absolute atomic E-state index is 13.3. The van der Waals surface area contributed by atoms with Gasteiger partial charge in [0, 0.05) is 5.92 Å². The highest BCUT2D eigenvalue weighted by Crippen LogP contribution is 2.60. The Morgan fingerprint density at radius 3 is 2.53 bits per heavy atom. The molecule has 264 valence electrons. The lowest BCUT2D eigenvalue weighted by Crippen LogP contribution is -2.44. The van der Waals surface area contributed by atoms with E-state index in [2.05, 4.69) is 60.6 Å². The number of aliphatic hydroxyl groups is 1. The molecule has 0 aromatic heterocycles. The monoisotopic (exact) mass is 686 g/mol. The molecule has 0 spiro atoms. The van der Waals surface area contributed by atoms with Crippen LogP contribution in [-0.4, -0.2) is 37.8 Å². The minimum Gasteiger partial charge on any atom is -0.412 e. The molecule has 1 aliphatic heterocycles. The van der Waals surface area contributed by atoms with Gasteiger partial charge in [0.05, 0.1) is 24.4 Å². The number of allylic oxidation sites excluding steroid dienone is 3. The molecule has 0 amide bonds. The van der Waals surface area contributed by atoms with Crippen LogP contribution in [0.2, 0.25) is 18.1 Å². The molecule has 6 nitrogen and oxygen atoms in total. The Hall–Kier alpha value is -1.21. The zero-order chi connectivity index (χ0) is 33.9. The third-order valence-electron chi connectivity index (χ3n) is 12.7. The fourth-order valence-corrected chi connectivity index (χ4v) is 14.4. The van der Waals surface area contributed by atoms with Crippen molar-refractivity contribution >= 4 is 16.1 Å². The van der Waals surface area contributed by atoms with Gasteiger partial charge in [-0.3, -0.25) is 9.05 Å². The number of rotatable bonds is 13. The molecule has 8 atom stereocenters. The highest BCUT2D eigenvalue weighted by Gasteiger charge is 2.51. The van der Waals surface area contributed by atoms with Crippen molar-refractivity contribution in [3.05, 3.63) is 53.6 Å². The van der Waals surface area contributed by atoms with Gasteiger partial charge < -0.3 is 14.1 Å². The summed E-state index contributed by atoms with van der Waals surface area (Å²) in [6.07, 6.45) is 14.9. The molecule has 0 radical (unpaired) electrons. The van der Waals surface area contributed by atoms with Gasteiger partial charge in [0.15, 0.2) is 8.32 Å². The van der Waals surface area contributed by atoms with Crippen LogP contribution in [0.25, 0.3) is 0 Å². The van der Waals surface area contributed by atoms with Crippen molar-refractivity contribution in [2.45, 2.75) is 149 Å². The summed E-state index contributed by atoms with van der Waals surface area (Å²) in [6, 6.07) is 12.6. The van der Waals surface area contributed by atoms with Gasteiger partial charge in [0.2, 0.25) is 0 Å². The van der Waals surface area contributed by atoms with E-state index in [0.717, 1.165) is 24.3 Å². The molecule has 5 rings (SSSR count). The lowest BCUT2D eigenvalue weighted by Gasteiger charge is -2.44. The Morgan fingerprint density at radius 2 is 1.83 bits per heavy atom. The Labute approximate surface area is 286 Å². The Balaban J connectivity index is 1.19. The lowest BCUT2D eigenvalue weighted by molar-refractivity contribution is -0.0633. The first-order valence-corrected chi connectivity index (χ1v) is 22.8. The van der Waals surface area contributed by atoms with Gasteiger partial charge in [-0.25, -0.2) is 4.57 Å². The smallest absolute Gasteiger partial charge is 0.412 e. The molecule has 4 fully saturated rings. The predicted molar refractivity (Wildman–Crippen MR) is 194 cm³/mol. The molecule has 1 heterocycles. The van der Waals surface area contributed by atoms with Gasteiger partial charge in [0.1, 0.15) is 5.75 Å². The van der Waals surface area contributed by atoms with Crippen LogP contribution in [0.3, 0.4) is 0 Å². The number of hydrogen-bond donors (Lipinski definition) is 1. The molecule has 0 bridgehead atoms. The molecular formula is C39H63O6PSi. The summed E-state index contributed by atoms with van der Waals surface area (Å²) in [4.78, 5) is 0. The minimum absolute atomic E-state index is 0.0292. The second-order valence-corrected chi connectivity index (χ2v) is 22.3. The van der Waals surface area contributed by atoms with Crippen molar-refractivity contribution in [3.63, 3.8) is 0 Å². The maximum atomic E-state index is 13.3. The normalized spacial score (nSPS) is 35.4. The van der Waals surface area contributed by atoms with Crippen LogP contribution in [0.5, 0.6) is 5.75 Å². The number of fused-ring (bicyclic) bond motifs is 2. The van der Waals surface area contributed by atoms with E-state index >= 15 is 0 Å². The largest absolute Gasteiger partial charge is 0.530 e. The highest BCUT2D eigenvalue weighted by molar-refractivity contribution is 7.49. The second-order valence-electron chi connectivity index (χ2n) is 16.1. The predicted octanol–water partition coefficient (Wildman–Crippen LogP) is 11.0. The SMILES string of the molecule is CC[Si](CC)(CC)OC(C)(C)CCC[C@@H](C)[C@H]1CC[C@H]2/C(=C/C=C3/C[C@@H](O)[C@@H]4COP(=O)(Oc5ccccc5)O[C@@H]4C3)CCC[C@]12C. The van der Waals surface area contributed by atoms with E-state index in [1.165, 1.54) is 56.7 Å². The fourth-order valence-electron chi connectivity index (χ4n) is 9.76. The first-order chi connectivity index (χ1) is 22.3. The number of para-hydroxylation sites is 1. The summed E-state index contributed by atoms with van der Waals surface area (Å²) in [5, 5.41) is 11.0. The third kappa shape index (κ3) is 8.57. The lowest BCUT2D eigenvalue weighted by atomic mass is 9.60. The highest BCUT2D eigenvalue weighted by atomic mass is 31.2. The van der Waals surface area contributed by atoms with Crippen LogP contribution in [0.4, 0.5) is 0 Å². The first kappa shape index (κ1) is 37.1. The van der Waals surface area contributed by atoms with Crippen LogP contribution in [-0.2, 0) is 18.0 Å². The van der Waals surface area contributed by atoms with E-state index in [1.807, 2.05) is 18.2 Å². The summed E-state index contributed by atoms with van der Waals surface area (Å²) in [5.41, 5.74) is 3.06. The average molecular weight is 687 g/mol. The Bertz CT molecular complexity index is 1280. The van der Waals surface area contributed by atoms with Gasteiger partial charge in [-0.05, 0) is 119 Å². The molecule has 4 aliphatic rings. The Morgan fingerprint density at radius 1 is 1.11 bits per heavy atom. The van der Waals surface area contributed by atoms with Crippen LogP contribution in [0.15, 0.2) is 53.6 Å². The summed E-state index contributed by atoms with van der Waals surface area (Å²) in [7, 11) is -5.36. The maximum Gasteiger partial charge on any atom is 0.530 e. The number of phosphoric ester groups is 1. The van der Waals surface area contributed by atoms with Gasteiger partial charge >= 0.3 is 7.82 Å². The van der Waals surface area contributed by atoms with E-state index in [9.17, 15) is 9.67 Å². The standard InChI is InChI=1S/C39H63O6PSi/c1-8-47(9-2,10-3)45-38(5,6)24-14-16-29(4)34-22-23-35-31(17-15-25-39(34,35)7)21-20-30-26-36(40)33-28-42-46(41,44-37(33)27-30)43-32-18-12-11-13-19-32/h11-13,18-21,29,33-37,40H,8-10,14-17,22-28H2,1-7H3/b30-20-,31-21+/t29-,33+,34-,35+,36-,37-,39-,46?/m1/s1. The molecular weight excluding hydrogens is 623 g/mol. The molecule has 1 aromatic rings. The van der Waals surface area contributed by atoms with Crippen molar-refractivity contribution < 1.29 is 27.7 Å². The average Bonchev–Trinajstić information content (AvgIpc) is 3.40. The fraction of sp³-hybridized carbons (Fsp3) is 0.744. The molecule has 3 aliphatic carbocycles. The van der Waals surface area contributed by atoms with Gasteiger partial charge in [0.25, 0.3) is 0 Å².